The largest absolute Gasteiger partial charge is 0.370 e. The summed E-state index contributed by atoms with van der Waals surface area (Å²) in [6, 6.07) is 18.2. The molecule has 8 nitrogen and oxygen atoms in total. The Labute approximate surface area is 203 Å². The van der Waals surface area contributed by atoms with Crippen LogP contribution in [0.5, 0.6) is 0 Å². The van der Waals surface area contributed by atoms with Crippen molar-refractivity contribution in [1.29, 1.82) is 5.41 Å². The highest BCUT2D eigenvalue weighted by molar-refractivity contribution is 5.94. The number of fused-ring (bicyclic) bond motifs is 2. The molecule has 3 aromatic rings. The van der Waals surface area contributed by atoms with Gasteiger partial charge in [-0.1, -0.05) is 55.5 Å². The van der Waals surface area contributed by atoms with Crippen LogP contribution in [0.3, 0.4) is 0 Å². The summed E-state index contributed by atoms with van der Waals surface area (Å²) in [7, 11) is 0. The first-order valence-electron chi connectivity index (χ1n) is 11.9. The minimum absolute atomic E-state index is 0.0507. The third-order valence-corrected chi connectivity index (χ3v) is 6.44. The minimum atomic E-state index is -0.0890. The molecule has 0 saturated heterocycles. The summed E-state index contributed by atoms with van der Waals surface area (Å²) < 4.78 is 1.68. The summed E-state index contributed by atoms with van der Waals surface area (Å²) in [5.41, 5.74) is 10.7. The molecule has 0 aliphatic carbocycles. The molecule has 0 amide bonds. The van der Waals surface area contributed by atoms with E-state index in [-0.39, 0.29) is 17.4 Å². The van der Waals surface area contributed by atoms with Crippen LogP contribution >= 0.6 is 0 Å². The molecule has 35 heavy (non-hydrogen) atoms. The monoisotopic (exact) mass is 467 g/mol. The van der Waals surface area contributed by atoms with E-state index in [0.29, 0.717) is 24.5 Å². The van der Waals surface area contributed by atoms with Crippen LogP contribution in [0.15, 0.2) is 71.8 Å². The highest BCUT2D eigenvalue weighted by Gasteiger charge is 2.25. The second-order valence-electron chi connectivity index (χ2n) is 8.71. The molecule has 0 bridgehead atoms. The molecule has 178 valence electrons. The molecular formula is C27H29N7O. The number of imidazole rings is 1. The van der Waals surface area contributed by atoms with Crippen molar-refractivity contribution in [3.8, 4) is 17.1 Å². The van der Waals surface area contributed by atoms with Crippen molar-refractivity contribution in [2.75, 3.05) is 6.54 Å². The van der Waals surface area contributed by atoms with E-state index in [2.05, 4.69) is 40.4 Å². The van der Waals surface area contributed by atoms with Crippen LogP contribution < -0.4 is 16.6 Å². The fourth-order valence-electron chi connectivity index (χ4n) is 4.74. The van der Waals surface area contributed by atoms with Crippen molar-refractivity contribution >= 4 is 16.9 Å². The van der Waals surface area contributed by atoms with Gasteiger partial charge in [0.15, 0.2) is 11.8 Å². The van der Waals surface area contributed by atoms with Crippen molar-refractivity contribution in [1.82, 2.24) is 24.8 Å². The molecule has 0 saturated carbocycles. The van der Waals surface area contributed by atoms with Gasteiger partial charge < -0.3 is 21.0 Å². The number of hydrogen-bond acceptors (Lipinski definition) is 3. The van der Waals surface area contributed by atoms with E-state index in [9.17, 15) is 4.79 Å². The molecule has 0 spiro atoms. The predicted octanol–water partition coefficient (Wildman–Crippen LogP) is 4.10. The fourth-order valence-corrected chi connectivity index (χ4v) is 4.74. The van der Waals surface area contributed by atoms with Gasteiger partial charge >= 0.3 is 0 Å². The molecule has 5 rings (SSSR count). The Kier molecular flexibility index (Phi) is 6.10. The lowest BCUT2D eigenvalue weighted by Crippen LogP contribution is -2.31. The van der Waals surface area contributed by atoms with Gasteiger partial charge in [0.25, 0.3) is 5.56 Å². The summed E-state index contributed by atoms with van der Waals surface area (Å²) in [5, 5.41) is 11.3. The number of hydrogen-bond donors (Lipinski definition) is 5. The average Bonchev–Trinajstić information content (AvgIpc) is 3.45. The number of para-hydroxylation sites is 1. The molecule has 6 N–H and O–H groups in total. The number of aromatic amines is 2. The summed E-state index contributed by atoms with van der Waals surface area (Å²) in [4.78, 5) is 25.4. The Hall–Kier alpha value is -4.33. The molecule has 2 aromatic carbocycles. The lowest BCUT2D eigenvalue weighted by molar-refractivity contribution is 0.741. The number of H-pyrrole nitrogens is 2. The number of guanidine groups is 1. The molecule has 1 unspecified atom stereocenters. The van der Waals surface area contributed by atoms with Gasteiger partial charge in [-0.2, -0.15) is 0 Å². The number of aromatic nitrogens is 4. The summed E-state index contributed by atoms with van der Waals surface area (Å²) >= 11 is 0. The van der Waals surface area contributed by atoms with Crippen LogP contribution in [-0.2, 0) is 6.42 Å². The Morgan fingerprint density at radius 1 is 1.17 bits per heavy atom. The zero-order chi connectivity index (χ0) is 24.4. The molecule has 2 aliphatic rings. The molecular weight excluding hydrogens is 438 g/mol. The van der Waals surface area contributed by atoms with Crippen molar-refractivity contribution in [3.63, 3.8) is 0 Å². The third kappa shape index (κ3) is 4.30. The number of nitrogens with two attached hydrogens (primary N) is 1. The van der Waals surface area contributed by atoms with Crippen molar-refractivity contribution in [3.05, 3.63) is 94.3 Å². The minimum Gasteiger partial charge on any atom is -0.370 e. The zero-order valence-corrected chi connectivity index (χ0v) is 19.6. The molecule has 1 aromatic heterocycles. The fraction of sp³-hybridized carbons (Fsp3) is 0.222. The number of nitrogens with zero attached hydrogens (tertiary/aromatic N) is 2. The number of nitrogens with one attached hydrogen (secondary N) is 4. The quantitative estimate of drug-likeness (QED) is 0.134. The van der Waals surface area contributed by atoms with Crippen LogP contribution in [0.1, 0.15) is 42.6 Å². The molecule has 8 heteroatoms. The molecule has 1 atom stereocenters. The molecule has 0 radical (unpaired) electrons. The Bertz CT molecular complexity index is 1500. The van der Waals surface area contributed by atoms with E-state index < -0.39 is 0 Å². The second-order valence-corrected chi connectivity index (χ2v) is 8.71. The van der Waals surface area contributed by atoms with Gasteiger partial charge in [0, 0.05) is 41.3 Å². The molecule has 3 heterocycles. The highest BCUT2D eigenvalue weighted by Crippen LogP contribution is 2.31. The topological polar surface area (TPSA) is 128 Å². The van der Waals surface area contributed by atoms with Gasteiger partial charge in [0.05, 0.1) is 11.4 Å². The van der Waals surface area contributed by atoms with E-state index in [4.69, 9.17) is 16.1 Å². The first kappa shape index (κ1) is 22.5. The lowest BCUT2D eigenvalue weighted by Gasteiger charge is -2.13. The van der Waals surface area contributed by atoms with Crippen molar-refractivity contribution in [2.24, 2.45) is 5.73 Å². The SMILES string of the molecule is CCC(c1ccccc1)c1nc2c(CCCNC(=N)N)[nH]c(-c3c[nH]c4ccccc34)cn-2c1=O. The Morgan fingerprint density at radius 2 is 1.94 bits per heavy atom. The van der Waals surface area contributed by atoms with E-state index in [1.165, 1.54) is 0 Å². The summed E-state index contributed by atoms with van der Waals surface area (Å²) in [6.07, 6.45) is 5.98. The molecule has 0 fully saturated rings. The summed E-state index contributed by atoms with van der Waals surface area (Å²) in [6.45, 7) is 2.64. The van der Waals surface area contributed by atoms with Gasteiger partial charge in [-0.05, 0) is 30.9 Å². The van der Waals surface area contributed by atoms with Crippen molar-refractivity contribution < 1.29 is 0 Å². The van der Waals surface area contributed by atoms with E-state index >= 15 is 0 Å². The first-order chi connectivity index (χ1) is 17.1. The third-order valence-electron chi connectivity index (χ3n) is 6.44. The lowest BCUT2D eigenvalue weighted by atomic mass is 9.94. The van der Waals surface area contributed by atoms with Gasteiger partial charge in [-0.25, -0.2) is 4.98 Å². The van der Waals surface area contributed by atoms with Gasteiger partial charge in [-0.3, -0.25) is 14.8 Å². The van der Waals surface area contributed by atoms with Crippen LogP contribution in [0, 0.1) is 5.41 Å². The maximum absolute atomic E-state index is 13.7. The smallest absolute Gasteiger partial charge is 0.278 e. The van der Waals surface area contributed by atoms with Crippen molar-refractivity contribution in [2.45, 2.75) is 32.1 Å². The van der Waals surface area contributed by atoms with E-state index in [1.807, 2.05) is 48.8 Å². The van der Waals surface area contributed by atoms with Gasteiger partial charge in [-0.15, -0.1) is 0 Å². The summed E-state index contributed by atoms with van der Waals surface area (Å²) in [5.74, 6) is 0.517. The first-order valence-corrected chi connectivity index (χ1v) is 11.9. The predicted molar refractivity (Wildman–Crippen MR) is 139 cm³/mol. The number of benzene rings is 2. The van der Waals surface area contributed by atoms with Crippen LogP contribution in [0.2, 0.25) is 0 Å². The standard InChI is InChI=1S/C27H29N7O/c1-2-18(17-9-4-3-5-10-17)24-26(35)34-16-23(20-15-31-21-12-7-6-11-19(20)21)32-22(25(34)33-24)13-8-14-30-27(28)29/h3-7,9-12,15-16,18,31-32H,2,8,13-14H2,1H3,(H4,28,29,30). The van der Waals surface area contributed by atoms with Crippen LogP contribution in [0.4, 0.5) is 0 Å². The zero-order valence-electron chi connectivity index (χ0n) is 19.6. The number of aryl methyl sites for hydroxylation is 1. The van der Waals surface area contributed by atoms with Crippen LogP contribution in [-0.4, -0.2) is 32.0 Å². The van der Waals surface area contributed by atoms with Crippen LogP contribution in [0.25, 0.3) is 28.0 Å². The number of rotatable bonds is 8. The van der Waals surface area contributed by atoms with E-state index in [1.54, 1.807) is 4.57 Å². The van der Waals surface area contributed by atoms with E-state index in [0.717, 1.165) is 46.3 Å². The highest BCUT2D eigenvalue weighted by atomic mass is 16.1. The maximum atomic E-state index is 13.7. The average molecular weight is 468 g/mol. The Morgan fingerprint density at radius 3 is 2.71 bits per heavy atom. The normalized spacial score (nSPS) is 12.3. The van der Waals surface area contributed by atoms with Gasteiger partial charge in [0.1, 0.15) is 5.69 Å². The molecule has 2 aliphatic heterocycles. The maximum Gasteiger partial charge on any atom is 0.278 e. The Balaban J connectivity index is 1.64. The van der Waals surface area contributed by atoms with Gasteiger partial charge in [0.2, 0.25) is 0 Å². The second kappa shape index (κ2) is 9.50.